The number of nitrogens with zero attached hydrogens (tertiary/aromatic N) is 3. The molecular formula is C29H26ClFN4O5S. The lowest BCUT2D eigenvalue weighted by Crippen LogP contribution is -2.39. The Hall–Kier alpha value is -4.35. The van der Waals surface area contributed by atoms with Crippen LogP contribution in [0.4, 0.5) is 10.1 Å². The topological polar surface area (TPSA) is 102 Å². The Morgan fingerprint density at radius 2 is 1.78 bits per heavy atom. The van der Waals surface area contributed by atoms with Crippen molar-refractivity contribution < 1.29 is 27.1 Å². The summed E-state index contributed by atoms with van der Waals surface area (Å²) in [7, 11) is -4.27. The number of sulfonamides is 1. The molecule has 1 aromatic heterocycles. The standard InChI is InChI=1S/C29H26ClFN4O5S/c1-19-14-21(20(2)35(19)25-5-3-4-22(30)15-25)17-32-33-29(36)18-34(24-8-6-23(31)7-9-24)41(37,38)26-10-11-27-28(16-26)40-13-12-39-27/h3-11,14-17H,12-13,18H2,1-2H3,(H,33,36)/b32-17-. The fraction of sp³-hybridized carbons (Fsp3) is 0.172. The third-order valence-corrected chi connectivity index (χ3v) is 8.44. The summed E-state index contributed by atoms with van der Waals surface area (Å²) < 4.78 is 54.9. The molecule has 0 saturated heterocycles. The number of anilines is 1. The van der Waals surface area contributed by atoms with Crippen molar-refractivity contribution in [3.63, 3.8) is 0 Å². The number of aryl methyl sites for hydroxylation is 1. The summed E-state index contributed by atoms with van der Waals surface area (Å²) in [5, 5.41) is 4.67. The molecule has 9 nitrogen and oxygen atoms in total. The van der Waals surface area contributed by atoms with E-state index in [9.17, 15) is 17.6 Å². The first kappa shape index (κ1) is 28.2. The fourth-order valence-electron chi connectivity index (χ4n) is 4.50. The summed E-state index contributed by atoms with van der Waals surface area (Å²) in [6.45, 7) is 3.87. The molecule has 212 valence electrons. The van der Waals surface area contributed by atoms with Crippen LogP contribution in [-0.4, -0.2) is 44.9 Å². The Morgan fingerprint density at radius 1 is 1.05 bits per heavy atom. The van der Waals surface area contributed by atoms with Crippen LogP contribution in [-0.2, 0) is 14.8 Å². The van der Waals surface area contributed by atoms with Crippen molar-refractivity contribution in [1.29, 1.82) is 0 Å². The Labute approximate surface area is 241 Å². The number of rotatable bonds is 8. The average Bonchev–Trinajstić information content (AvgIpc) is 3.24. The molecule has 5 rings (SSSR count). The van der Waals surface area contributed by atoms with Crippen molar-refractivity contribution in [2.24, 2.45) is 5.10 Å². The van der Waals surface area contributed by atoms with E-state index in [-0.39, 0.29) is 22.9 Å². The Kier molecular flexibility index (Phi) is 8.00. The predicted octanol–water partition coefficient (Wildman–Crippen LogP) is 5.00. The number of ether oxygens (including phenoxy) is 2. The molecule has 41 heavy (non-hydrogen) atoms. The number of fused-ring (bicyclic) bond motifs is 1. The number of hydrogen-bond donors (Lipinski definition) is 1. The van der Waals surface area contributed by atoms with Crippen LogP contribution in [0.15, 0.2) is 82.8 Å². The number of hydrogen-bond acceptors (Lipinski definition) is 6. The quantitative estimate of drug-likeness (QED) is 0.228. The summed E-state index contributed by atoms with van der Waals surface area (Å²) in [4.78, 5) is 12.8. The van der Waals surface area contributed by atoms with Gasteiger partial charge in [0, 0.05) is 33.7 Å². The van der Waals surface area contributed by atoms with E-state index in [1.54, 1.807) is 6.07 Å². The first-order chi connectivity index (χ1) is 19.6. The van der Waals surface area contributed by atoms with Gasteiger partial charge in [0.1, 0.15) is 25.6 Å². The maximum Gasteiger partial charge on any atom is 0.264 e. The molecule has 1 amide bonds. The second-order valence-corrected chi connectivity index (χ2v) is 11.5. The molecule has 3 aromatic carbocycles. The van der Waals surface area contributed by atoms with Crippen LogP contribution < -0.4 is 19.2 Å². The molecule has 0 bridgehead atoms. The normalized spacial score (nSPS) is 12.9. The summed E-state index contributed by atoms with van der Waals surface area (Å²) in [6, 6.07) is 18.3. The highest BCUT2D eigenvalue weighted by atomic mass is 35.5. The van der Waals surface area contributed by atoms with Gasteiger partial charge >= 0.3 is 0 Å². The lowest BCUT2D eigenvalue weighted by molar-refractivity contribution is -0.119. The van der Waals surface area contributed by atoms with Crippen LogP contribution in [0, 0.1) is 19.7 Å². The summed E-state index contributed by atoms with van der Waals surface area (Å²) >= 11 is 6.16. The van der Waals surface area contributed by atoms with E-state index < -0.39 is 28.3 Å². The molecule has 0 spiro atoms. The van der Waals surface area contributed by atoms with Gasteiger partial charge < -0.3 is 14.0 Å². The minimum absolute atomic E-state index is 0.102. The fourth-order valence-corrected chi connectivity index (χ4v) is 6.13. The number of amides is 1. The van der Waals surface area contributed by atoms with Crippen LogP contribution in [0.25, 0.3) is 5.69 Å². The SMILES string of the molecule is Cc1cc(/C=N\NC(=O)CN(c2ccc(F)cc2)S(=O)(=O)c2ccc3c(c2)OCCO3)c(C)n1-c1cccc(Cl)c1. The summed E-state index contributed by atoms with van der Waals surface area (Å²) in [5.41, 5.74) is 5.94. The molecular weight excluding hydrogens is 571 g/mol. The third-order valence-electron chi connectivity index (χ3n) is 6.43. The van der Waals surface area contributed by atoms with Gasteiger partial charge in [0.05, 0.1) is 16.8 Å². The summed E-state index contributed by atoms with van der Waals surface area (Å²) in [5.74, 6) is -0.545. The van der Waals surface area contributed by atoms with E-state index >= 15 is 0 Å². The predicted molar refractivity (Wildman–Crippen MR) is 154 cm³/mol. The number of halogens is 2. The van der Waals surface area contributed by atoms with Gasteiger partial charge in [0.25, 0.3) is 15.9 Å². The maximum absolute atomic E-state index is 13.7. The minimum atomic E-state index is -4.27. The number of carbonyl (C=O) groups excluding carboxylic acids is 1. The molecule has 0 aliphatic carbocycles. The Balaban J connectivity index is 1.37. The second kappa shape index (κ2) is 11.6. The lowest BCUT2D eigenvalue weighted by Gasteiger charge is -2.25. The molecule has 0 radical (unpaired) electrons. The monoisotopic (exact) mass is 596 g/mol. The summed E-state index contributed by atoms with van der Waals surface area (Å²) in [6.07, 6.45) is 1.48. The van der Waals surface area contributed by atoms with Gasteiger partial charge in [0.2, 0.25) is 0 Å². The zero-order valence-electron chi connectivity index (χ0n) is 22.2. The first-order valence-electron chi connectivity index (χ1n) is 12.6. The van der Waals surface area contributed by atoms with Gasteiger partial charge in [-0.25, -0.2) is 18.2 Å². The van der Waals surface area contributed by atoms with Crippen molar-refractivity contribution >= 4 is 39.4 Å². The zero-order valence-corrected chi connectivity index (χ0v) is 23.7. The zero-order chi connectivity index (χ0) is 29.1. The van der Waals surface area contributed by atoms with Crippen molar-refractivity contribution in [1.82, 2.24) is 9.99 Å². The van der Waals surface area contributed by atoms with E-state index in [4.69, 9.17) is 21.1 Å². The molecule has 1 aliphatic rings. The van der Waals surface area contributed by atoms with Crippen LogP contribution in [0.5, 0.6) is 11.5 Å². The van der Waals surface area contributed by atoms with Crippen molar-refractivity contribution in [3.05, 3.63) is 101 Å². The van der Waals surface area contributed by atoms with Gasteiger partial charge in [-0.15, -0.1) is 0 Å². The highest BCUT2D eigenvalue weighted by molar-refractivity contribution is 7.92. The van der Waals surface area contributed by atoms with Crippen LogP contribution >= 0.6 is 11.6 Å². The molecule has 0 fully saturated rings. The smallest absolute Gasteiger partial charge is 0.264 e. The molecule has 4 aromatic rings. The van der Waals surface area contributed by atoms with Crippen LogP contribution in [0.3, 0.4) is 0 Å². The minimum Gasteiger partial charge on any atom is -0.486 e. The first-order valence-corrected chi connectivity index (χ1v) is 14.4. The Bertz CT molecular complexity index is 1740. The number of nitrogens with one attached hydrogen (secondary N) is 1. The molecule has 0 unspecified atom stereocenters. The van der Waals surface area contributed by atoms with E-state index in [0.717, 1.165) is 39.1 Å². The van der Waals surface area contributed by atoms with E-state index in [2.05, 4.69) is 10.5 Å². The van der Waals surface area contributed by atoms with E-state index in [1.165, 1.54) is 36.5 Å². The van der Waals surface area contributed by atoms with Crippen LogP contribution in [0.1, 0.15) is 17.0 Å². The molecule has 2 heterocycles. The molecule has 0 atom stereocenters. The van der Waals surface area contributed by atoms with Gasteiger partial charge in [-0.05, 0) is 74.5 Å². The maximum atomic E-state index is 13.7. The highest BCUT2D eigenvalue weighted by Crippen LogP contribution is 2.34. The lowest BCUT2D eigenvalue weighted by atomic mass is 10.2. The number of hydrazone groups is 1. The van der Waals surface area contributed by atoms with Crippen molar-refractivity contribution in [3.8, 4) is 17.2 Å². The van der Waals surface area contributed by atoms with Gasteiger partial charge in [-0.1, -0.05) is 17.7 Å². The Morgan fingerprint density at radius 3 is 2.51 bits per heavy atom. The number of carbonyl (C=O) groups is 1. The highest BCUT2D eigenvalue weighted by Gasteiger charge is 2.29. The average molecular weight is 597 g/mol. The van der Waals surface area contributed by atoms with Crippen molar-refractivity contribution in [2.45, 2.75) is 18.7 Å². The van der Waals surface area contributed by atoms with Gasteiger partial charge in [-0.2, -0.15) is 5.10 Å². The third kappa shape index (κ3) is 6.06. The molecule has 0 saturated carbocycles. The number of benzene rings is 3. The second-order valence-electron chi connectivity index (χ2n) is 9.23. The van der Waals surface area contributed by atoms with Crippen molar-refractivity contribution in [2.75, 3.05) is 24.1 Å². The molecule has 12 heteroatoms. The van der Waals surface area contributed by atoms with Gasteiger partial charge in [-0.3, -0.25) is 9.10 Å². The number of aromatic nitrogens is 1. The van der Waals surface area contributed by atoms with E-state index in [1.807, 2.05) is 42.7 Å². The molecule has 1 N–H and O–H groups in total. The van der Waals surface area contributed by atoms with Gasteiger partial charge in [0.15, 0.2) is 11.5 Å². The largest absolute Gasteiger partial charge is 0.486 e. The molecule has 1 aliphatic heterocycles. The van der Waals surface area contributed by atoms with Crippen LogP contribution in [0.2, 0.25) is 5.02 Å². The van der Waals surface area contributed by atoms with E-state index in [0.29, 0.717) is 17.4 Å².